The molecule has 0 saturated carbocycles. The number of hydrogen-bond acceptors (Lipinski definition) is 5. The van der Waals surface area contributed by atoms with E-state index in [1.807, 2.05) is 98.9 Å². The summed E-state index contributed by atoms with van der Waals surface area (Å²) in [6.07, 6.45) is 2.01. The van der Waals surface area contributed by atoms with Crippen molar-refractivity contribution in [3.05, 3.63) is 101 Å². The second-order valence-corrected chi connectivity index (χ2v) is 9.73. The summed E-state index contributed by atoms with van der Waals surface area (Å²) in [4.78, 5) is 12.8. The number of allylic oxidation sites excluding steroid dienone is 1. The number of hydrogen-bond donors (Lipinski definition) is 3. The zero-order chi connectivity index (χ0) is 24.2. The average molecular weight is 499 g/mol. The van der Waals surface area contributed by atoms with Crippen molar-refractivity contribution < 1.29 is 9.90 Å². The predicted octanol–water partition coefficient (Wildman–Crippen LogP) is 7.75. The third-order valence-corrected chi connectivity index (χ3v) is 6.93. The lowest BCUT2D eigenvalue weighted by Crippen LogP contribution is -2.10. The number of anilines is 1. The first-order valence-corrected chi connectivity index (χ1v) is 12.3. The molecule has 172 valence electrons. The monoisotopic (exact) mass is 498 g/mol. The molecule has 0 amide bonds. The van der Waals surface area contributed by atoms with Gasteiger partial charge in [0.2, 0.25) is 0 Å². The third-order valence-electron chi connectivity index (χ3n) is 4.44. The van der Waals surface area contributed by atoms with Gasteiger partial charge >= 0.3 is 5.97 Å². The fraction of sp³-hybridized carbons (Fsp3) is 0.154. The van der Waals surface area contributed by atoms with Gasteiger partial charge in [-0.3, -0.25) is 10.2 Å². The van der Waals surface area contributed by atoms with Gasteiger partial charge in [-0.1, -0.05) is 71.9 Å². The Morgan fingerprint density at radius 3 is 2.12 bits per heavy atom. The van der Waals surface area contributed by atoms with Crippen molar-refractivity contribution in [2.45, 2.75) is 24.0 Å². The van der Waals surface area contributed by atoms with Crippen LogP contribution in [-0.4, -0.2) is 28.4 Å². The Morgan fingerprint density at radius 2 is 1.61 bits per heavy atom. The average Bonchev–Trinajstić information content (AvgIpc) is 2.84. The Balaban J connectivity index is 0.000000357. The Hall–Kier alpha value is -2.67. The highest BCUT2D eigenvalue weighted by atomic mass is 35.5. The minimum absolute atomic E-state index is 0.467. The Morgan fingerprint density at radius 1 is 1.00 bits per heavy atom. The van der Waals surface area contributed by atoms with E-state index in [2.05, 4.69) is 5.32 Å². The molecule has 0 saturated heterocycles. The quantitative estimate of drug-likeness (QED) is 0.176. The Bertz CT molecular complexity index is 1070. The molecule has 0 spiro atoms. The molecular weight excluding hydrogens is 472 g/mol. The van der Waals surface area contributed by atoms with Gasteiger partial charge in [-0.2, -0.15) is 0 Å². The van der Waals surface area contributed by atoms with Gasteiger partial charge < -0.3 is 10.4 Å². The molecule has 3 rings (SSSR count). The SMILES string of the molecule is C/C=C(/SC(=N)c1ccc(SC(C)C(=O)O)cc1)c1ccccc1.CNc1ccc(Cl)cc1. The van der Waals surface area contributed by atoms with E-state index >= 15 is 0 Å². The number of benzene rings is 3. The molecule has 1 atom stereocenters. The van der Waals surface area contributed by atoms with Crippen LogP contribution in [0.4, 0.5) is 5.69 Å². The Labute approximate surface area is 209 Å². The van der Waals surface area contributed by atoms with Crippen LogP contribution < -0.4 is 5.32 Å². The molecule has 0 aliphatic carbocycles. The minimum Gasteiger partial charge on any atom is -0.480 e. The topological polar surface area (TPSA) is 73.2 Å². The van der Waals surface area contributed by atoms with Crippen LogP contribution in [0.1, 0.15) is 25.0 Å². The summed E-state index contributed by atoms with van der Waals surface area (Å²) in [6.45, 7) is 3.63. The zero-order valence-electron chi connectivity index (χ0n) is 18.7. The molecule has 0 fully saturated rings. The highest BCUT2D eigenvalue weighted by molar-refractivity contribution is 8.22. The first kappa shape index (κ1) is 26.6. The molecule has 3 aromatic rings. The maximum atomic E-state index is 10.9. The fourth-order valence-corrected chi connectivity index (χ4v) is 4.39. The van der Waals surface area contributed by atoms with Crippen molar-refractivity contribution in [1.82, 2.24) is 0 Å². The van der Waals surface area contributed by atoms with Crippen molar-refractivity contribution >= 4 is 56.7 Å². The molecule has 0 heterocycles. The maximum absolute atomic E-state index is 10.9. The number of carbonyl (C=O) groups is 1. The first-order chi connectivity index (χ1) is 15.8. The molecule has 3 N–H and O–H groups in total. The van der Waals surface area contributed by atoms with Crippen molar-refractivity contribution in [3.8, 4) is 0 Å². The molecular formula is C26H27ClN2O2S2. The van der Waals surface area contributed by atoms with E-state index in [0.29, 0.717) is 5.04 Å². The minimum atomic E-state index is -0.826. The van der Waals surface area contributed by atoms with Crippen LogP contribution in [0.3, 0.4) is 0 Å². The summed E-state index contributed by atoms with van der Waals surface area (Å²) < 4.78 is 0. The summed E-state index contributed by atoms with van der Waals surface area (Å²) in [6, 6.07) is 25.0. The number of carboxylic acids is 1. The van der Waals surface area contributed by atoms with E-state index in [9.17, 15) is 4.79 Å². The second kappa shape index (κ2) is 13.8. The van der Waals surface area contributed by atoms with Gasteiger partial charge in [0.15, 0.2) is 0 Å². The summed E-state index contributed by atoms with van der Waals surface area (Å²) in [7, 11) is 1.88. The van der Waals surface area contributed by atoms with Crippen LogP contribution >= 0.6 is 35.1 Å². The summed E-state index contributed by atoms with van der Waals surface area (Å²) in [5, 5.41) is 21.0. The smallest absolute Gasteiger partial charge is 0.316 e. The zero-order valence-corrected chi connectivity index (χ0v) is 21.1. The standard InChI is InChI=1S/C19H19NO2S2.C7H8ClN/c1-3-17(14-7-5-4-6-8-14)24-18(20)15-9-11-16(12-10-15)23-13(2)19(21)22;1-9-7-4-2-6(8)3-5-7/h3-13,20H,1-2H3,(H,21,22);2-5,9H,1H3/b17-3+,20-18?;. The normalized spacial score (nSPS) is 11.7. The molecule has 0 aliphatic rings. The third kappa shape index (κ3) is 9.00. The van der Waals surface area contributed by atoms with E-state index in [4.69, 9.17) is 22.1 Å². The number of halogens is 1. The highest BCUT2D eigenvalue weighted by Gasteiger charge is 2.13. The molecule has 7 heteroatoms. The predicted molar refractivity (Wildman–Crippen MR) is 145 cm³/mol. The van der Waals surface area contributed by atoms with Gasteiger partial charge in [0.25, 0.3) is 0 Å². The number of nitrogens with one attached hydrogen (secondary N) is 2. The first-order valence-electron chi connectivity index (χ1n) is 10.3. The van der Waals surface area contributed by atoms with Gasteiger partial charge in [0, 0.05) is 33.1 Å². The molecule has 0 aromatic heterocycles. The van der Waals surface area contributed by atoms with E-state index < -0.39 is 11.2 Å². The summed E-state index contributed by atoms with van der Waals surface area (Å²) in [5.74, 6) is -0.826. The lowest BCUT2D eigenvalue weighted by atomic mass is 10.2. The molecule has 1 unspecified atom stereocenters. The number of aliphatic carboxylic acids is 1. The maximum Gasteiger partial charge on any atom is 0.316 e. The van der Waals surface area contributed by atoms with E-state index in [0.717, 1.165) is 31.6 Å². The van der Waals surface area contributed by atoms with Gasteiger partial charge in [0.1, 0.15) is 5.25 Å². The van der Waals surface area contributed by atoms with Crippen molar-refractivity contribution in [2.75, 3.05) is 12.4 Å². The largest absolute Gasteiger partial charge is 0.480 e. The molecule has 3 aromatic carbocycles. The van der Waals surface area contributed by atoms with Crippen LogP contribution in [0.2, 0.25) is 5.02 Å². The van der Waals surface area contributed by atoms with Gasteiger partial charge in [-0.05, 0) is 55.8 Å². The lowest BCUT2D eigenvalue weighted by molar-refractivity contribution is -0.136. The van der Waals surface area contributed by atoms with Crippen molar-refractivity contribution in [3.63, 3.8) is 0 Å². The van der Waals surface area contributed by atoms with Crippen molar-refractivity contribution in [1.29, 1.82) is 5.41 Å². The van der Waals surface area contributed by atoms with Gasteiger partial charge in [0.05, 0.1) is 5.04 Å². The molecule has 4 nitrogen and oxygen atoms in total. The summed E-state index contributed by atoms with van der Waals surface area (Å²) >= 11 is 8.36. The van der Waals surface area contributed by atoms with Crippen molar-refractivity contribution in [2.24, 2.45) is 0 Å². The summed E-state index contributed by atoms with van der Waals surface area (Å²) in [5.41, 5.74) is 3.00. The second-order valence-electron chi connectivity index (χ2n) is 6.83. The molecule has 0 radical (unpaired) electrons. The van der Waals surface area contributed by atoms with Gasteiger partial charge in [-0.25, -0.2) is 0 Å². The lowest BCUT2D eigenvalue weighted by Gasteiger charge is -2.10. The molecule has 0 bridgehead atoms. The fourth-order valence-electron chi connectivity index (χ4n) is 2.61. The van der Waals surface area contributed by atoms with Crippen LogP contribution in [-0.2, 0) is 4.79 Å². The van der Waals surface area contributed by atoms with Crippen LogP contribution in [0.25, 0.3) is 4.91 Å². The van der Waals surface area contributed by atoms with Crippen LogP contribution in [0.5, 0.6) is 0 Å². The molecule has 33 heavy (non-hydrogen) atoms. The number of rotatable bonds is 7. The van der Waals surface area contributed by atoms with Crippen LogP contribution in [0, 0.1) is 5.41 Å². The van der Waals surface area contributed by atoms with E-state index in [1.165, 1.54) is 23.5 Å². The number of carboxylic acid groups (broad SMARTS) is 1. The van der Waals surface area contributed by atoms with Gasteiger partial charge in [-0.15, -0.1) is 11.8 Å². The van der Waals surface area contributed by atoms with E-state index in [-0.39, 0.29) is 0 Å². The molecule has 0 aliphatic heterocycles. The Kier molecular flexibility index (Phi) is 11.1. The van der Waals surface area contributed by atoms with E-state index in [1.54, 1.807) is 6.92 Å². The highest BCUT2D eigenvalue weighted by Crippen LogP contribution is 2.31. The number of thioether (sulfide) groups is 2. The van der Waals surface area contributed by atoms with Crippen LogP contribution in [0.15, 0.2) is 89.8 Å².